The minimum atomic E-state index is -1.30. The van der Waals surface area contributed by atoms with Crippen LogP contribution in [0, 0.1) is 0 Å². The number of amides is 3. The maximum absolute atomic E-state index is 12.9. The normalized spacial score (nSPS) is 19.8. The van der Waals surface area contributed by atoms with E-state index in [4.69, 9.17) is 16.2 Å². The summed E-state index contributed by atoms with van der Waals surface area (Å²) < 4.78 is 4.97. The molecular weight excluding hydrogens is 514 g/mol. The number of carbonyl (C=O) groups is 4. The maximum Gasteiger partial charge on any atom is 0.352 e. The first-order chi connectivity index (χ1) is 17.1. The van der Waals surface area contributed by atoms with E-state index in [2.05, 4.69) is 20.7 Å². The van der Waals surface area contributed by atoms with Gasteiger partial charge in [-0.05, 0) is 23.3 Å². The number of ether oxygens (including phenoxy) is 1. The number of nitrogens with zero attached hydrogens (tertiary/aromatic N) is 3. The predicted octanol–water partition coefficient (Wildman–Crippen LogP) is -0.851. The molecule has 1 aromatic carbocycles. The van der Waals surface area contributed by atoms with Gasteiger partial charge in [0.15, 0.2) is 22.2 Å². The summed E-state index contributed by atoms with van der Waals surface area (Å²) in [4.78, 5) is 50.2. The van der Waals surface area contributed by atoms with Crippen molar-refractivity contribution in [3.63, 3.8) is 0 Å². The first-order valence-corrected chi connectivity index (χ1v) is 12.3. The fourth-order valence-corrected chi connectivity index (χ4v) is 6.14. The molecule has 1 aromatic heterocycles. The van der Waals surface area contributed by atoms with Crippen molar-refractivity contribution in [1.29, 1.82) is 0 Å². The van der Waals surface area contributed by atoms with Crippen LogP contribution in [-0.4, -0.2) is 84.2 Å². The number of fused-ring (bicyclic) bond motifs is 1. The number of thioether (sulfide) groups is 2. The number of nitrogens with two attached hydrogens (primary N) is 2. The molecule has 2 aromatic rings. The van der Waals surface area contributed by atoms with Gasteiger partial charge in [0.25, 0.3) is 11.8 Å². The molecule has 0 aliphatic carbocycles. The highest BCUT2D eigenvalue weighted by Gasteiger charge is 2.54. The molecule has 36 heavy (non-hydrogen) atoms. The number of nitrogens with one attached hydrogen (secondary N) is 2. The van der Waals surface area contributed by atoms with Crippen molar-refractivity contribution in [1.82, 2.24) is 25.6 Å². The van der Waals surface area contributed by atoms with Gasteiger partial charge in [-0.25, -0.2) is 4.79 Å². The number of methoxy groups -OCH3 is 1. The Morgan fingerprint density at radius 1 is 1.39 bits per heavy atom. The van der Waals surface area contributed by atoms with E-state index < -0.39 is 41.1 Å². The van der Waals surface area contributed by atoms with Crippen LogP contribution in [0.2, 0.25) is 0 Å². The van der Waals surface area contributed by atoms with Gasteiger partial charge in [-0.3, -0.25) is 19.3 Å². The SMILES string of the molecule is COc1ccc(C(N)C(=O)NC2C(=O)N3C(C(=O)O)=C(CSc4n[nH]nc4C(N)=O)CS[C@H]23)cc1O. The number of carbonyl (C=O) groups excluding carboxylic acids is 3. The third-order valence-corrected chi connectivity index (χ3v) is 7.92. The summed E-state index contributed by atoms with van der Waals surface area (Å²) in [6.45, 7) is 0. The van der Waals surface area contributed by atoms with E-state index in [9.17, 15) is 29.4 Å². The van der Waals surface area contributed by atoms with Crippen molar-refractivity contribution in [3.8, 4) is 11.5 Å². The number of rotatable bonds is 9. The lowest BCUT2D eigenvalue weighted by atomic mass is 10.0. The quantitative estimate of drug-likeness (QED) is 0.170. The van der Waals surface area contributed by atoms with Crippen molar-refractivity contribution in [2.24, 2.45) is 11.5 Å². The van der Waals surface area contributed by atoms with Crippen molar-refractivity contribution in [3.05, 3.63) is 40.7 Å². The molecule has 0 radical (unpaired) electrons. The Kier molecular flexibility index (Phi) is 7.09. The molecule has 2 aliphatic rings. The molecule has 8 N–H and O–H groups in total. The van der Waals surface area contributed by atoms with Crippen LogP contribution in [0.5, 0.6) is 11.5 Å². The zero-order valence-corrected chi connectivity index (χ0v) is 20.3. The molecule has 4 rings (SSSR count). The average Bonchev–Trinajstić information content (AvgIpc) is 3.33. The van der Waals surface area contributed by atoms with Crippen LogP contribution >= 0.6 is 23.5 Å². The third kappa shape index (κ3) is 4.57. The smallest absolute Gasteiger partial charge is 0.352 e. The maximum atomic E-state index is 12.9. The largest absolute Gasteiger partial charge is 0.504 e. The molecule has 16 heteroatoms. The summed E-state index contributed by atoms with van der Waals surface area (Å²) in [6, 6.07) is 2.11. The fraction of sp³-hybridized carbons (Fsp3) is 0.300. The third-order valence-electron chi connectivity index (χ3n) is 5.52. The zero-order valence-electron chi connectivity index (χ0n) is 18.6. The van der Waals surface area contributed by atoms with Crippen LogP contribution in [0.3, 0.4) is 0 Å². The lowest BCUT2D eigenvalue weighted by Crippen LogP contribution is -2.71. The zero-order chi connectivity index (χ0) is 26.1. The number of primary amides is 1. The summed E-state index contributed by atoms with van der Waals surface area (Å²) in [5.74, 6) is -2.92. The number of aromatic hydroxyl groups is 1. The number of carboxylic acid groups (broad SMARTS) is 1. The van der Waals surface area contributed by atoms with Crippen LogP contribution < -0.4 is 21.5 Å². The van der Waals surface area contributed by atoms with Crippen LogP contribution in [-0.2, 0) is 14.4 Å². The van der Waals surface area contributed by atoms with E-state index in [1.807, 2.05) is 0 Å². The standard InChI is InChI=1S/C20H21N7O7S2/c1-34-10-3-2-7(4-9(10)28)11(21)16(30)23-13-18(31)27-14(20(32)33)8(6-36-19(13)27)5-35-17-12(15(22)29)24-26-25-17/h2-4,11,13,19,28H,5-6,21H2,1H3,(H2,22,29)(H,23,30)(H,32,33)(H,24,25,26)/t11?,13?,19-/m1/s1. The van der Waals surface area contributed by atoms with Crippen LogP contribution in [0.4, 0.5) is 0 Å². The average molecular weight is 536 g/mol. The highest BCUT2D eigenvalue weighted by Crippen LogP contribution is 2.41. The summed E-state index contributed by atoms with van der Waals surface area (Å²) in [7, 11) is 1.38. The summed E-state index contributed by atoms with van der Waals surface area (Å²) in [5.41, 5.74) is 11.7. The van der Waals surface area contributed by atoms with E-state index in [0.717, 1.165) is 16.7 Å². The Morgan fingerprint density at radius 3 is 2.78 bits per heavy atom. The fourth-order valence-electron chi connectivity index (χ4n) is 3.73. The molecule has 14 nitrogen and oxygen atoms in total. The number of aromatic nitrogens is 3. The lowest BCUT2D eigenvalue weighted by molar-refractivity contribution is -0.150. The van der Waals surface area contributed by atoms with Gasteiger partial charge in [-0.1, -0.05) is 17.8 Å². The van der Waals surface area contributed by atoms with Gasteiger partial charge in [-0.15, -0.1) is 22.0 Å². The van der Waals surface area contributed by atoms with Crippen molar-refractivity contribution >= 4 is 47.2 Å². The van der Waals surface area contributed by atoms with Crippen molar-refractivity contribution in [2.45, 2.75) is 22.5 Å². The number of hydrogen-bond donors (Lipinski definition) is 6. The Morgan fingerprint density at radius 2 is 2.14 bits per heavy atom. The number of phenolic OH excluding ortho intramolecular Hbond substituents is 1. The van der Waals surface area contributed by atoms with E-state index in [-0.39, 0.29) is 39.4 Å². The highest BCUT2D eigenvalue weighted by atomic mass is 32.2. The van der Waals surface area contributed by atoms with Gasteiger partial charge < -0.3 is 31.7 Å². The van der Waals surface area contributed by atoms with E-state index in [0.29, 0.717) is 11.1 Å². The van der Waals surface area contributed by atoms with Gasteiger partial charge in [-0.2, -0.15) is 5.21 Å². The summed E-state index contributed by atoms with van der Waals surface area (Å²) in [6.07, 6.45) is 0. The molecule has 3 heterocycles. The van der Waals surface area contributed by atoms with Gasteiger partial charge in [0.05, 0.1) is 7.11 Å². The number of carboxylic acids is 1. The number of hydrogen-bond acceptors (Lipinski definition) is 11. The molecule has 0 bridgehead atoms. The first-order valence-electron chi connectivity index (χ1n) is 10.3. The van der Waals surface area contributed by atoms with Gasteiger partial charge in [0, 0.05) is 11.5 Å². The minimum absolute atomic E-state index is 0.0665. The van der Waals surface area contributed by atoms with Crippen molar-refractivity contribution < 1.29 is 34.1 Å². The second kappa shape index (κ2) is 10.1. The first kappa shape index (κ1) is 25.3. The van der Waals surface area contributed by atoms with Crippen LogP contribution in [0.15, 0.2) is 34.5 Å². The van der Waals surface area contributed by atoms with Crippen molar-refractivity contribution in [2.75, 3.05) is 18.6 Å². The number of benzene rings is 1. The van der Waals surface area contributed by atoms with E-state index in [1.54, 1.807) is 0 Å². The molecule has 1 saturated heterocycles. The minimum Gasteiger partial charge on any atom is -0.504 e. The Labute approximate surface area is 211 Å². The van der Waals surface area contributed by atoms with Crippen LogP contribution in [0.1, 0.15) is 22.1 Å². The van der Waals surface area contributed by atoms with Gasteiger partial charge in [0.1, 0.15) is 23.2 Å². The summed E-state index contributed by atoms with van der Waals surface area (Å²) in [5, 5.41) is 31.7. The molecule has 3 amide bonds. The molecular formula is C20H21N7O7S2. The molecule has 2 aliphatic heterocycles. The Hall–Kier alpha value is -3.76. The monoisotopic (exact) mass is 535 g/mol. The Bertz CT molecular complexity index is 1280. The number of aromatic amines is 1. The Balaban J connectivity index is 1.46. The van der Waals surface area contributed by atoms with Gasteiger partial charge in [0.2, 0.25) is 5.91 Å². The number of β-lactam (4-membered cyclic amide) rings is 1. The number of H-pyrrole nitrogens is 1. The second-order valence-corrected chi connectivity index (χ2v) is 9.76. The lowest BCUT2D eigenvalue weighted by Gasteiger charge is -2.49. The highest BCUT2D eigenvalue weighted by molar-refractivity contribution is 8.01. The molecule has 2 unspecified atom stereocenters. The van der Waals surface area contributed by atoms with E-state index in [1.165, 1.54) is 37.1 Å². The molecule has 0 saturated carbocycles. The number of phenols is 1. The second-order valence-electron chi connectivity index (χ2n) is 7.69. The van der Waals surface area contributed by atoms with Gasteiger partial charge >= 0.3 is 5.97 Å². The van der Waals surface area contributed by atoms with Crippen LogP contribution in [0.25, 0.3) is 0 Å². The molecule has 190 valence electrons. The molecule has 0 spiro atoms. The number of aliphatic carboxylic acids is 1. The molecule has 3 atom stereocenters. The van der Waals surface area contributed by atoms with E-state index >= 15 is 0 Å². The molecule has 1 fully saturated rings. The topological polar surface area (TPSA) is 227 Å². The predicted molar refractivity (Wildman–Crippen MR) is 127 cm³/mol. The summed E-state index contributed by atoms with van der Waals surface area (Å²) >= 11 is 2.34.